The maximum Gasteiger partial charge on any atom is 0.319 e. The van der Waals surface area contributed by atoms with Crippen molar-refractivity contribution in [3.8, 4) is 23.0 Å². The Labute approximate surface area is 254 Å². The van der Waals surface area contributed by atoms with Crippen molar-refractivity contribution in [1.82, 2.24) is 19.9 Å². The Hall–Kier alpha value is -3.66. The maximum atomic E-state index is 16.8. The van der Waals surface area contributed by atoms with Gasteiger partial charge in [0.2, 0.25) is 0 Å². The number of phenolic OH excluding ortho intramolecular Hbond substituents is 1. The van der Waals surface area contributed by atoms with E-state index in [0.29, 0.717) is 42.8 Å². The second-order valence-corrected chi connectivity index (χ2v) is 13.2. The van der Waals surface area contributed by atoms with Crippen LogP contribution in [0, 0.1) is 17.7 Å². The number of phenols is 1. The maximum absolute atomic E-state index is 16.8. The molecule has 4 aliphatic rings. The van der Waals surface area contributed by atoms with E-state index in [1.165, 1.54) is 0 Å². The Morgan fingerprint density at radius 2 is 1.91 bits per heavy atom. The van der Waals surface area contributed by atoms with Gasteiger partial charge >= 0.3 is 6.01 Å². The molecule has 3 aliphatic heterocycles. The monoisotopic (exact) mass is 603 g/mol. The summed E-state index contributed by atoms with van der Waals surface area (Å²) in [5, 5.41) is 12.6. The number of halogens is 3. The van der Waals surface area contributed by atoms with Crippen molar-refractivity contribution in [1.29, 1.82) is 0 Å². The zero-order chi connectivity index (χ0) is 30.2. The molecule has 0 amide bonds. The van der Waals surface area contributed by atoms with E-state index in [2.05, 4.69) is 14.9 Å². The van der Waals surface area contributed by atoms with Crippen molar-refractivity contribution in [2.75, 3.05) is 37.7 Å². The smallest absolute Gasteiger partial charge is 0.319 e. The lowest BCUT2D eigenvalue weighted by molar-refractivity contribution is 0.107. The average Bonchev–Trinajstić information content (AvgIpc) is 3.59. The number of nitrogens with zero attached hydrogens (tertiary/aromatic N) is 5. The molecular formula is C34H36F3N5O2. The summed E-state index contributed by atoms with van der Waals surface area (Å²) in [6, 6.07) is 9.05. The fourth-order valence-corrected chi connectivity index (χ4v) is 8.46. The Kier molecular flexibility index (Phi) is 6.63. The molecule has 230 valence electrons. The van der Waals surface area contributed by atoms with E-state index in [0.717, 1.165) is 55.0 Å². The Morgan fingerprint density at radius 3 is 2.70 bits per heavy atom. The molecular weight excluding hydrogens is 567 g/mol. The first-order valence-corrected chi connectivity index (χ1v) is 15.9. The van der Waals surface area contributed by atoms with Crippen molar-refractivity contribution < 1.29 is 23.0 Å². The van der Waals surface area contributed by atoms with Crippen molar-refractivity contribution in [3.05, 3.63) is 47.9 Å². The second-order valence-electron chi connectivity index (χ2n) is 13.2. The minimum Gasteiger partial charge on any atom is -0.508 e. The van der Waals surface area contributed by atoms with E-state index in [9.17, 15) is 13.9 Å². The molecule has 0 spiro atoms. The number of fused-ring (bicyclic) bond motifs is 5. The number of aromatic nitrogens is 3. The first-order valence-electron chi connectivity index (χ1n) is 15.9. The van der Waals surface area contributed by atoms with Gasteiger partial charge < -0.3 is 14.7 Å². The fourth-order valence-electron chi connectivity index (χ4n) is 8.46. The minimum absolute atomic E-state index is 0.0159. The Morgan fingerprint density at radius 1 is 1.09 bits per heavy atom. The third-order valence-electron chi connectivity index (χ3n) is 10.6. The number of aryl methyl sites for hydroxylation is 1. The normalized spacial score (nSPS) is 28.3. The predicted octanol–water partition coefficient (Wildman–Crippen LogP) is 6.39. The molecule has 2 bridgehead atoms. The second kappa shape index (κ2) is 10.5. The molecule has 8 rings (SSSR count). The molecule has 4 atom stereocenters. The number of ether oxygens (including phenoxy) is 1. The van der Waals surface area contributed by atoms with Gasteiger partial charge in [-0.3, -0.25) is 9.88 Å². The van der Waals surface area contributed by atoms with Gasteiger partial charge in [0.25, 0.3) is 0 Å². The van der Waals surface area contributed by atoms with Crippen molar-refractivity contribution in [2.24, 2.45) is 11.8 Å². The molecule has 1 saturated carbocycles. The predicted molar refractivity (Wildman–Crippen MR) is 163 cm³/mol. The lowest BCUT2D eigenvalue weighted by Gasteiger charge is -2.35. The number of rotatable bonds is 6. The molecule has 10 heteroatoms. The summed E-state index contributed by atoms with van der Waals surface area (Å²) in [5.41, 5.74) is 1.22. The number of hydrogen-bond donors (Lipinski definition) is 1. The highest BCUT2D eigenvalue weighted by Crippen LogP contribution is 2.44. The van der Waals surface area contributed by atoms with Gasteiger partial charge in [0.05, 0.1) is 10.9 Å². The molecule has 0 radical (unpaired) electrons. The third kappa shape index (κ3) is 4.39. The molecule has 2 aromatic heterocycles. The van der Waals surface area contributed by atoms with Gasteiger partial charge in [-0.25, -0.2) is 13.2 Å². The van der Waals surface area contributed by atoms with Crippen LogP contribution in [0.2, 0.25) is 0 Å². The van der Waals surface area contributed by atoms with Crippen LogP contribution in [0.5, 0.6) is 11.8 Å². The first-order chi connectivity index (χ1) is 21.3. The number of alkyl halides is 2. The van der Waals surface area contributed by atoms with Gasteiger partial charge in [0.1, 0.15) is 41.7 Å². The summed E-state index contributed by atoms with van der Waals surface area (Å²) < 4.78 is 52.4. The topological polar surface area (TPSA) is 74.6 Å². The van der Waals surface area contributed by atoms with Crippen LogP contribution in [0.3, 0.4) is 0 Å². The highest BCUT2D eigenvalue weighted by molar-refractivity contribution is 6.01. The summed E-state index contributed by atoms with van der Waals surface area (Å²) in [4.78, 5) is 18.2. The molecule has 3 saturated heterocycles. The van der Waals surface area contributed by atoms with Crippen molar-refractivity contribution >= 4 is 27.5 Å². The van der Waals surface area contributed by atoms with Gasteiger partial charge in [-0.15, -0.1) is 0 Å². The van der Waals surface area contributed by atoms with Crippen LogP contribution in [-0.2, 0) is 6.42 Å². The van der Waals surface area contributed by atoms with E-state index in [1.807, 2.05) is 30.0 Å². The van der Waals surface area contributed by atoms with E-state index in [4.69, 9.17) is 9.72 Å². The van der Waals surface area contributed by atoms with E-state index < -0.39 is 23.7 Å². The number of pyridine rings is 1. The Balaban J connectivity index is 1.26. The molecule has 5 heterocycles. The lowest BCUT2D eigenvalue weighted by Crippen LogP contribution is -2.44. The number of piperidine rings is 1. The number of benzene rings is 2. The SMILES string of the molecule is CCc1cccc2cc(O)cc(-c3ncc4c(N5CC6CCC(C5)C6F)nc(OC[C@@]56CCCN5C[C@H](F)C6)nc4c3F)c12. The average molecular weight is 604 g/mol. The largest absolute Gasteiger partial charge is 0.508 e. The summed E-state index contributed by atoms with van der Waals surface area (Å²) >= 11 is 0. The molecule has 44 heavy (non-hydrogen) atoms. The highest BCUT2D eigenvalue weighted by atomic mass is 19.1. The standard InChI is InChI=1S/C34H36F3N5O2/c1-2-19-5-3-6-20-11-24(43)12-25(27(19)20)30-29(37)31-26(14-38-30)32(41-15-21-7-8-22(16-41)28(21)36)40-33(39-31)44-18-34-9-4-10-42(34)17-23(35)13-34/h3,5-6,11-12,14,21-23,28,43H,2,4,7-10,13,15-18H2,1H3/t21?,22?,23-,28?,34+/m1/s1. The van der Waals surface area contributed by atoms with E-state index >= 15 is 4.39 Å². The number of hydrogen-bond acceptors (Lipinski definition) is 7. The molecule has 4 aromatic rings. The number of aromatic hydroxyl groups is 1. The van der Waals surface area contributed by atoms with Crippen molar-refractivity contribution in [3.63, 3.8) is 0 Å². The Bertz CT molecular complexity index is 1760. The van der Waals surface area contributed by atoms with Crippen LogP contribution in [0.25, 0.3) is 32.9 Å². The highest BCUT2D eigenvalue weighted by Gasteiger charge is 2.49. The summed E-state index contributed by atoms with van der Waals surface area (Å²) in [6.45, 7) is 4.43. The summed E-state index contributed by atoms with van der Waals surface area (Å²) in [5.74, 6) is -0.337. The zero-order valence-electron chi connectivity index (χ0n) is 24.8. The summed E-state index contributed by atoms with van der Waals surface area (Å²) in [6.07, 6.45) is 4.40. The van der Waals surface area contributed by atoms with Gasteiger partial charge in [-0.2, -0.15) is 9.97 Å². The number of anilines is 1. The van der Waals surface area contributed by atoms with Crippen LogP contribution >= 0.6 is 0 Å². The zero-order valence-corrected chi connectivity index (χ0v) is 24.8. The van der Waals surface area contributed by atoms with Crippen LogP contribution in [0.4, 0.5) is 19.0 Å². The quantitative estimate of drug-likeness (QED) is 0.274. The van der Waals surface area contributed by atoms with Crippen LogP contribution in [0.1, 0.15) is 44.6 Å². The van der Waals surface area contributed by atoms with Gasteiger partial charge in [-0.1, -0.05) is 25.1 Å². The lowest BCUT2D eigenvalue weighted by atomic mass is 9.94. The van der Waals surface area contributed by atoms with Crippen LogP contribution < -0.4 is 9.64 Å². The molecule has 1 aliphatic carbocycles. The van der Waals surface area contributed by atoms with Gasteiger partial charge in [-0.05, 0) is 67.1 Å². The van der Waals surface area contributed by atoms with Gasteiger partial charge in [0, 0.05) is 49.7 Å². The van der Waals surface area contributed by atoms with Crippen LogP contribution in [-0.4, -0.2) is 75.6 Å². The van der Waals surface area contributed by atoms with Crippen LogP contribution in [0.15, 0.2) is 36.5 Å². The fraction of sp³-hybridized carbons (Fsp3) is 0.500. The van der Waals surface area contributed by atoms with Gasteiger partial charge in [0.15, 0.2) is 5.82 Å². The first kappa shape index (κ1) is 27.9. The van der Waals surface area contributed by atoms with E-state index in [-0.39, 0.29) is 41.4 Å². The molecule has 2 aromatic carbocycles. The summed E-state index contributed by atoms with van der Waals surface area (Å²) in [7, 11) is 0. The third-order valence-corrected chi connectivity index (χ3v) is 10.6. The molecule has 4 fully saturated rings. The molecule has 2 unspecified atom stereocenters. The minimum atomic E-state index is -0.902. The molecule has 7 nitrogen and oxygen atoms in total. The van der Waals surface area contributed by atoms with E-state index in [1.54, 1.807) is 18.3 Å². The molecule has 1 N–H and O–H groups in total. The van der Waals surface area contributed by atoms with Crippen molar-refractivity contribution in [2.45, 2.75) is 63.3 Å².